The second-order valence-corrected chi connectivity index (χ2v) is 9.20. The van der Waals surface area contributed by atoms with Crippen LogP contribution in [0, 0.1) is 6.92 Å². The molecule has 0 aliphatic carbocycles. The summed E-state index contributed by atoms with van der Waals surface area (Å²) in [7, 11) is 2.01. The van der Waals surface area contributed by atoms with E-state index in [1.807, 2.05) is 40.1 Å². The third-order valence-electron chi connectivity index (χ3n) is 5.52. The van der Waals surface area contributed by atoms with Crippen LogP contribution >= 0.6 is 11.3 Å². The third-order valence-corrected chi connectivity index (χ3v) is 6.64. The molecule has 1 N–H and O–H groups in total. The van der Waals surface area contributed by atoms with Gasteiger partial charge in [-0.2, -0.15) is 0 Å². The van der Waals surface area contributed by atoms with E-state index in [0.717, 1.165) is 45.8 Å². The highest BCUT2D eigenvalue weighted by Crippen LogP contribution is 2.42. The molecule has 150 valence electrons. The van der Waals surface area contributed by atoms with E-state index in [1.165, 1.54) is 11.3 Å². The predicted octanol–water partition coefficient (Wildman–Crippen LogP) is 3.45. The molecule has 29 heavy (non-hydrogen) atoms. The van der Waals surface area contributed by atoms with Gasteiger partial charge in [-0.3, -0.25) is 4.79 Å². The molecule has 0 spiro atoms. The summed E-state index contributed by atoms with van der Waals surface area (Å²) in [6, 6.07) is 6.18. The maximum atomic E-state index is 12.5. The van der Waals surface area contributed by atoms with Crippen LogP contribution in [0.2, 0.25) is 0 Å². The van der Waals surface area contributed by atoms with Crippen LogP contribution in [-0.4, -0.2) is 39.1 Å². The van der Waals surface area contributed by atoms with Gasteiger partial charge in [0.05, 0.1) is 29.8 Å². The van der Waals surface area contributed by atoms with E-state index in [2.05, 4.69) is 31.9 Å². The van der Waals surface area contributed by atoms with Crippen molar-refractivity contribution in [2.24, 2.45) is 7.05 Å². The van der Waals surface area contributed by atoms with Gasteiger partial charge in [-0.15, -0.1) is 0 Å². The van der Waals surface area contributed by atoms with Crippen LogP contribution in [0.15, 0.2) is 24.4 Å². The molecule has 5 rings (SSSR count). The monoisotopic (exact) mass is 409 g/mol. The number of rotatable bonds is 2. The lowest BCUT2D eigenvalue weighted by Gasteiger charge is -2.29. The van der Waals surface area contributed by atoms with Crippen molar-refractivity contribution < 1.29 is 9.53 Å². The van der Waals surface area contributed by atoms with Gasteiger partial charge < -0.3 is 19.5 Å². The SMILES string of the molecule is Cc1ncc(-c2ccc3c(c2)N(c2nc4c(s2)C(=O)NC(C)(C)C4)CCO3)n1C. The second kappa shape index (κ2) is 6.32. The van der Waals surface area contributed by atoms with E-state index in [0.29, 0.717) is 18.0 Å². The first kappa shape index (κ1) is 18.2. The number of amides is 1. The number of ether oxygens (including phenoxy) is 1. The first-order valence-corrected chi connectivity index (χ1v) is 10.5. The Morgan fingerprint density at radius 1 is 1.31 bits per heavy atom. The van der Waals surface area contributed by atoms with Crippen molar-refractivity contribution in [3.8, 4) is 17.0 Å². The molecule has 0 saturated carbocycles. The average Bonchev–Trinajstić information content (AvgIpc) is 3.24. The fraction of sp³-hybridized carbons (Fsp3) is 0.381. The van der Waals surface area contributed by atoms with E-state index >= 15 is 0 Å². The summed E-state index contributed by atoms with van der Waals surface area (Å²) in [6.07, 6.45) is 2.62. The van der Waals surface area contributed by atoms with Gasteiger partial charge in [-0.05, 0) is 39.0 Å². The van der Waals surface area contributed by atoms with Crippen molar-refractivity contribution in [1.82, 2.24) is 19.9 Å². The maximum Gasteiger partial charge on any atom is 0.263 e. The Labute approximate surface area is 173 Å². The molecule has 2 aromatic heterocycles. The van der Waals surface area contributed by atoms with E-state index in [9.17, 15) is 4.79 Å². The first-order chi connectivity index (χ1) is 13.8. The standard InChI is InChI=1S/C21H23N5O2S/c1-12-22-11-16(25(12)4)13-5-6-17-15(9-13)26(7-8-28-17)20-23-14-10-21(2,3)24-19(27)18(14)29-20/h5-6,9,11H,7-8,10H2,1-4H3,(H,24,27). The molecular formula is C21H23N5O2S. The van der Waals surface area contributed by atoms with Crippen molar-refractivity contribution in [2.75, 3.05) is 18.1 Å². The molecule has 0 unspecified atom stereocenters. The van der Waals surface area contributed by atoms with Gasteiger partial charge in [-0.25, -0.2) is 9.97 Å². The number of carbonyl (C=O) groups is 1. The fourth-order valence-electron chi connectivity index (χ4n) is 3.92. The number of imidazole rings is 1. The summed E-state index contributed by atoms with van der Waals surface area (Å²) < 4.78 is 7.96. The molecule has 1 aromatic carbocycles. The van der Waals surface area contributed by atoms with E-state index in [-0.39, 0.29) is 11.4 Å². The minimum absolute atomic E-state index is 0.0346. The van der Waals surface area contributed by atoms with Crippen LogP contribution in [0.25, 0.3) is 11.3 Å². The third kappa shape index (κ3) is 2.98. The van der Waals surface area contributed by atoms with Crippen molar-refractivity contribution in [3.63, 3.8) is 0 Å². The van der Waals surface area contributed by atoms with Gasteiger partial charge in [0.2, 0.25) is 0 Å². The second-order valence-electron chi connectivity index (χ2n) is 8.22. The lowest BCUT2D eigenvalue weighted by Crippen LogP contribution is -2.48. The van der Waals surface area contributed by atoms with Crippen molar-refractivity contribution in [3.05, 3.63) is 40.8 Å². The topological polar surface area (TPSA) is 72.3 Å². The molecule has 3 aromatic rings. The molecule has 0 saturated heterocycles. The number of nitrogens with zero attached hydrogens (tertiary/aromatic N) is 4. The maximum absolute atomic E-state index is 12.5. The number of hydrogen-bond donors (Lipinski definition) is 1. The number of aryl methyl sites for hydroxylation is 1. The van der Waals surface area contributed by atoms with Gasteiger partial charge in [0.25, 0.3) is 5.91 Å². The Kier molecular flexibility index (Phi) is 3.96. The highest BCUT2D eigenvalue weighted by Gasteiger charge is 2.34. The summed E-state index contributed by atoms with van der Waals surface area (Å²) in [4.78, 5) is 24.7. The minimum Gasteiger partial charge on any atom is -0.490 e. The zero-order valence-corrected chi connectivity index (χ0v) is 17.8. The van der Waals surface area contributed by atoms with E-state index in [1.54, 1.807) is 0 Å². The molecule has 2 aliphatic heterocycles. The average molecular weight is 410 g/mol. The molecule has 0 bridgehead atoms. The molecule has 0 fully saturated rings. The molecule has 4 heterocycles. The van der Waals surface area contributed by atoms with Gasteiger partial charge in [-0.1, -0.05) is 11.3 Å². The Morgan fingerprint density at radius 2 is 2.14 bits per heavy atom. The Morgan fingerprint density at radius 3 is 2.90 bits per heavy atom. The van der Waals surface area contributed by atoms with E-state index in [4.69, 9.17) is 9.72 Å². The summed E-state index contributed by atoms with van der Waals surface area (Å²) in [6.45, 7) is 7.32. The lowest BCUT2D eigenvalue weighted by atomic mass is 9.94. The quantitative estimate of drug-likeness (QED) is 0.702. The van der Waals surface area contributed by atoms with Crippen molar-refractivity contribution in [2.45, 2.75) is 32.7 Å². The van der Waals surface area contributed by atoms with E-state index < -0.39 is 0 Å². The number of fused-ring (bicyclic) bond motifs is 2. The van der Waals surface area contributed by atoms with Crippen LogP contribution < -0.4 is 15.0 Å². The largest absolute Gasteiger partial charge is 0.490 e. The molecule has 2 aliphatic rings. The molecular weight excluding hydrogens is 386 g/mol. The zero-order chi connectivity index (χ0) is 20.3. The number of carbonyl (C=O) groups excluding carboxylic acids is 1. The number of anilines is 2. The van der Waals surface area contributed by atoms with Gasteiger partial charge in [0.1, 0.15) is 23.1 Å². The van der Waals surface area contributed by atoms with Gasteiger partial charge >= 0.3 is 0 Å². The summed E-state index contributed by atoms with van der Waals surface area (Å²) in [5.41, 5.74) is 3.70. The molecule has 1 amide bonds. The van der Waals surface area contributed by atoms with Crippen LogP contribution in [0.3, 0.4) is 0 Å². The van der Waals surface area contributed by atoms with Crippen LogP contribution in [-0.2, 0) is 13.5 Å². The number of aromatic nitrogens is 3. The highest BCUT2D eigenvalue weighted by atomic mass is 32.1. The predicted molar refractivity (Wildman–Crippen MR) is 113 cm³/mol. The fourth-order valence-corrected chi connectivity index (χ4v) is 4.94. The number of hydrogen-bond acceptors (Lipinski definition) is 6. The summed E-state index contributed by atoms with van der Waals surface area (Å²) in [5, 5.41) is 3.90. The van der Waals surface area contributed by atoms with Crippen LogP contribution in [0.1, 0.15) is 35.0 Å². The highest BCUT2D eigenvalue weighted by molar-refractivity contribution is 7.17. The number of thiazole rings is 1. The molecule has 8 heteroatoms. The zero-order valence-electron chi connectivity index (χ0n) is 16.9. The molecule has 0 radical (unpaired) electrons. The lowest BCUT2D eigenvalue weighted by molar-refractivity contribution is 0.0901. The molecule has 7 nitrogen and oxygen atoms in total. The Hall–Kier alpha value is -2.87. The van der Waals surface area contributed by atoms with Crippen molar-refractivity contribution >= 4 is 28.1 Å². The first-order valence-electron chi connectivity index (χ1n) is 9.68. The Balaban J connectivity index is 1.57. The van der Waals surface area contributed by atoms with Gasteiger partial charge in [0.15, 0.2) is 5.13 Å². The summed E-state index contributed by atoms with van der Waals surface area (Å²) in [5.74, 6) is 1.76. The summed E-state index contributed by atoms with van der Waals surface area (Å²) >= 11 is 1.45. The Bertz CT molecular complexity index is 1130. The minimum atomic E-state index is -0.275. The number of benzene rings is 1. The van der Waals surface area contributed by atoms with Crippen LogP contribution in [0.4, 0.5) is 10.8 Å². The smallest absolute Gasteiger partial charge is 0.263 e. The normalized spacial score (nSPS) is 17.4. The van der Waals surface area contributed by atoms with Crippen molar-refractivity contribution in [1.29, 1.82) is 0 Å². The van der Waals surface area contributed by atoms with Crippen LogP contribution in [0.5, 0.6) is 5.75 Å². The number of nitrogens with one attached hydrogen (secondary N) is 1. The molecule has 0 atom stereocenters. The van der Waals surface area contributed by atoms with Gasteiger partial charge in [0, 0.05) is 24.6 Å².